The Kier molecular flexibility index (Phi) is 9.90. The lowest BCUT2D eigenvalue weighted by molar-refractivity contribution is -0.116. The van der Waals surface area contributed by atoms with Crippen LogP contribution in [0.25, 0.3) is 0 Å². The maximum absolute atomic E-state index is 12.4. The van der Waals surface area contributed by atoms with Crippen LogP contribution in [0.4, 0.5) is 23.0 Å². The van der Waals surface area contributed by atoms with Crippen LogP contribution >= 0.6 is 0 Å². The number of nitriles is 1. The Balaban J connectivity index is 0.000000436. The van der Waals surface area contributed by atoms with E-state index in [4.69, 9.17) is 16.7 Å². The van der Waals surface area contributed by atoms with Crippen LogP contribution in [-0.2, 0) is 17.6 Å². The third kappa shape index (κ3) is 5.80. The molecular weight excluding hydrogens is 398 g/mol. The summed E-state index contributed by atoms with van der Waals surface area (Å²) in [5.74, 6) is 0.333. The van der Waals surface area contributed by atoms with E-state index in [2.05, 4.69) is 72.6 Å². The van der Waals surface area contributed by atoms with Gasteiger partial charge in [0.15, 0.2) is 0 Å². The number of hydrogen-bond donors (Lipinski definition) is 2. The van der Waals surface area contributed by atoms with Crippen molar-refractivity contribution in [1.29, 1.82) is 5.26 Å². The summed E-state index contributed by atoms with van der Waals surface area (Å²) in [6.45, 7) is 14.6. The summed E-state index contributed by atoms with van der Waals surface area (Å²) in [6.07, 6.45) is 1.05. The van der Waals surface area contributed by atoms with E-state index in [0.717, 1.165) is 12.1 Å². The van der Waals surface area contributed by atoms with E-state index in [1.165, 1.54) is 10.5 Å². The largest absolute Gasteiger partial charge is 0.397 e. The number of hydrogen-bond acceptors (Lipinski definition) is 5. The lowest BCUT2D eigenvalue weighted by Gasteiger charge is -2.18. The Morgan fingerprint density at radius 2 is 1.62 bits per heavy atom. The van der Waals surface area contributed by atoms with Crippen molar-refractivity contribution in [3.05, 3.63) is 102 Å². The molecule has 1 aliphatic heterocycles. The Morgan fingerprint density at radius 1 is 1.06 bits per heavy atom. The van der Waals surface area contributed by atoms with Crippen LogP contribution < -0.4 is 16.4 Å². The number of nitrogen functional groups attached to an aromatic ring is 2. The molecule has 32 heavy (non-hydrogen) atoms. The van der Waals surface area contributed by atoms with Crippen LogP contribution in [0.5, 0.6) is 0 Å². The molecule has 1 aliphatic rings. The van der Waals surface area contributed by atoms with E-state index in [1.807, 2.05) is 30.3 Å². The Bertz CT molecular complexity index is 1230. The lowest BCUT2D eigenvalue weighted by Crippen LogP contribution is -2.21. The van der Waals surface area contributed by atoms with Crippen LogP contribution in [-0.4, -0.2) is 10.9 Å². The number of carbonyl (C=O) groups is 1. The molecule has 4 N–H and O–H groups in total. The van der Waals surface area contributed by atoms with E-state index >= 15 is 0 Å². The molecule has 0 spiro atoms. The highest BCUT2D eigenvalue weighted by Crippen LogP contribution is 2.39. The summed E-state index contributed by atoms with van der Waals surface area (Å²) in [4.78, 5) is 18.1. The number of carbonyl (C=O) groups excluding carboxylic acids is 1. The zero-order chi connectivity index (χ0) is 24.1. The van der Waals surface area contributed by atoms with Gasteiger partial charge in [0, 0.05) is 5.56 Å². The zero-order valence-corrected chi connectivity index (χ0v) is 18.0. The first kappa shape index (κ1) is 25.1. The van der Waals surface area contributed by atoms with Crippen LogP contribution in [0.2, 0.25) is 0 Å². The average Bonchev–Trinajstić information content (AvgIpc) is 3.15. The first-order valence-electron chi connectivity index (χ1n) is 9.42. The number of nitrogens with zero attached hydrogens (tertiary/aromatic N) is 3. The fraction of sp³-hybridized carbons (Fsp3) is 0.115. The number of anilines is 4. The Hall–Kier alpha value is -4.91. The van der Waals surface area contributed by atoms with Crippen molar-refractivity contribution in [2.24, 2.45) is 0 Å². The smallest absolute Gasteiger partial charge is 0.237 e. The van der Waals surface area contributed by atoms with Crippen molar-refractivity contribution in [2.45, 2.75) is 19.8 Å². The minimum Gasteiger partial charge on any atom is -0.397 e. The van der Waals surface area contributed by atoms with Gasteiger partial charge in [-0.1, -0.05) is 30.5 Å². The van der Waals surface area contributed by atoms with Crippen LogP contribution in [0.1, 0.15) is 23.6 Å². The first-order chi connectivity index (χ1) is 15.5. The summed E-state index contributed by atoms with van der Waals surface area (Å²) < 4.78 is 0. The predicted molar refractivity (Wildman–Crippen MR) is 128 cm³/mol. The summed E-state index contributed by atoms with van der Waals surface area (Å²) in [7, 11) is 0. The Morgan fingerprint density at radius 3 is 2.09 bits per heavy atom. The fourth-order valence-electron chi connectivity index (χ4n) is 2.77. The molecule has 1 aromatic heterocycles. The molecule has 2 heterocycles. The Labute approximate surface area is 188 Å². The number of fused-ring (bicyclic) bond motifs is 1. The molecule has 1 aromatic carbocycles. The highest BCUT2D eigenvalue weighted by atomic mass is 16.2. The maximum Gasteiger partial charge on any atom is 0.237 e. The molecule has 0 saturated carbocycles. The first-order valence-corrected chi connectivity index (χ1v) is 9.42. The number of aryl methyl sites for hydroxylation is 1. The van der Waals surface area contributed by atoms with E-state index in [9.17, 15) is 4.79 Å². The number of rotatable bonds is 2. The number of benzene rings is 1. The highest BCUT2D eigenvalue weighted by Gasteiger charge is 2.33. The number of amides is 1. The quantitative estimate of drug-likeness (QED) is 0.550. The standard InChI is InChI=1S/C16H15N5O.C8H4.C2H4/c1-2-9-3-5-10(6-4-9)21-13(22)7-11-14(18)12(8-17)15(19)20-16(11)21;1-3-5-7-8-6-4-2;1-2/h3-6H,2,7H2,1H3,(H4,18,19,20);1-2H2;1-2H2. The van der Waals surface area contributed by atoms with Gasteiger partial charge in [0.25, 0.3) is 0 Å². The molecule has 3 rings (SSSR count). The van der Waals surface area contributed by atoms with Gasteiger partial charge in [0.1, 0.15) is 23.3 Å². The summed E-state index contributed by atoms with van der Waals surface area (Å²) >= 11 is 0. The van der Waals surface area contributed by atoms with Crippen molar-refractivity contribution in [3.63, 3.8) is 0 Å². The highest BCUT2D eigenvalue weighted by molar-refractivity contribution is 6.08. The van der Waals surface area contributed by atoms with Gasteiger partial charge in [0.05, 0.1) is 17.8 Å². The zero-order valence-electron chi connectivity index (χ0n) is 18.0. The molecule has 1 amide bonds. The third-order valence-corrected chi connectivity index (χ3v) is 4.21. The molecule has 6 heteroatoms. The van der Waals surface area contributed by atoms with Gasteiger partial charge >= 0.3 is 0 Å². The van der Waals surface area contributed by atoms with Crippen molar-refractivity contribution >= 4 is 28.9 Å². The number of pyridine rings is 1. The van der Waals surface area contributed by atoms with Gasteiger partial charge in [-0.05, 0) is 60.2 Å². The summed E-state index contributed by atoms with van der Waals surface area (Å²) in [5, 5.41) is 9.09. The molecule has 0 fully saturated rings. The molecule has 0 aliphatic carbocycles. The predicted octanol–water partition coefficient (Wildman–Crippen LogP) is 4.44. The second-order valence-electron chi connectivity index (χ2n) is 5.98. The maximum atomic E-state index is 12.4. The SMILES string of the molecule is C=C.C=C=C=C=C=C=C=C.CCc1ccc(N2C(=O)Cc3c2nc(N)c(C#N)c3N)cc1. The van der Waals surface area contributed by atoms with Crippen LogP contribution in [0.3, 0.4) is 0 Å². The molecule has 158 valence electrons. The van der Waals surface area contributed by atoms with E-state index in [0.29, 0.717) is 11.4 Å². The van der Waals surface area contributed by atoms with Crippen LogP contribution in [0, 0.1) is 11.3 Å². The fourth-order valence-corrected chi connectivity index (χ4v) is 2.77. The molecule has 6 nitrogen and oxygen atoms in total. The van der Waals surface area contributed by atoms with Crippen molar-refractivity contribution in [3.8, 4) is 6.07 Å². The van der Waals surface area contributed by atoms with Crippen molar-refractivity contribution < 1.29 is 4.79 Å². The normalized spacial score (nSPS) is 10.0. The topological polar surface area (TPSA) is 109 Å². The molecule has 0 radical (unpaired) electrons. The van der Waals surface area contributed by atoms with Gasteiger partial charge < -0.3 is 11.5 Å². The average molecular weight is 422 g/mol. The summed E-state index contributed by atoms with van der Waals surface area (Å²) in [5.41, 5.74) is 29.1. The van der Waals surface area contributed by atoms with Gasteiger partial charge in [-0.3, -0.25) is 9.69 Å². The minimum absolute atomic E-state index is 0.0450. The molecule has 0 unspecified atom stereocenters. The summed E-state index contributed by atoms with van der Waals surface area (Å²) in [6, 6.07) is 9.62. The van der Waals surface area contributed by atoms with Gasteiger partial charge in [0.2, 0.25) is 5.91 Å². The monoisotopic (exact) mass is 421 g/mol. The lowest BCUT2D eigenvalue weighted by atomic mass is 10.1. The number of aromatic nitrogens is 1. The molecule has 0 atom stereocenters. The van der Waals surface area contributed by atoms with E-state index in [-0.39, 0.29) is 29.4 Å². The van der Waals surface area contributed by atoms with Gasteiger partial charge in [-0.25, -0.2) is 4.98 Å². The molecule has 2 aromatic rings. The molecular formula is C26H23N5O. The molecule has 0 saturated heterocycles. The minimum atomic E-state index is -0.132. The second-order valence-corrected chi connectivity index (χ2v) is 5.98. The third-order valence-electron chi connectivity index (χ3n) is 4.21. The van der Waals surface area contributed by atoms with Crippen molar-refractivity contribution in [2.75, 3.05) is 16.4 Å². The van der Waals surface area contributed by atoms with Gasteiger partial charge in [-0.15, -0.1) is 13.2 Å². The van der Waals surface area contributed by atoms with Crippen LogP contribution in [0.15, 0.2) is 85.0 Å². The molecule has 0 bridgehead atoms. The van der Waals surface area contributed by atoms with E-state index in [1.54, 1.807) is 0 Å². The number of nitrogens with two attached hydrogens (primary N) is 2. The van der Waals surface area contributed by atoms with E-state index < -0.39 is 0 Å². The van der Waals surface area contributed by atoms with Gasteiger partial charge in [-0.2, -0.15) is 5.26 Å². The van der Waals surface area contributed by atoms with Crippen molar-refractivity contribution in [1.82, 2.24) is 4.98 Å². The second kappa shape index (κ2) is 12.6.